The van der Waals surface area contributed by atoms with Gasteiger partial charge in [0, 0.05) is 16.6 Å². The highest BCUT2D eigenvalue weighted by atomic mass is 32.1. The van der Waals surface area contributed by atoms with Gasteiger partial charge >= 0.3 is 0 Å². The molecule has 3 rings (SSSR count). The molecule has 30 heavy (non-hydrogen) atoms. The molecule has 1 heterocycles. The van der Waals surface area contributed by atoms with Crippen LogP contribution in [0.25, 0.3) is 0 Å². The van der Waals surface area contributed by atoms with Crippen molar-refractivity contribution in [3.05, 3.63) is 64.2 Å². The lowest BCUT2D eigenvalue weighted by molar-refractivity contribution is -0.115. The number of carbonyl (C=O) groups is 2. The summed E-state index contributed by atoms with van der Waals surface area (Å²) in [4.78, 5) is 29.2. The number of ether oxygens (including phenoxy) is 2. The monoisotopic (exact) mass is 425 g/mol. The molecule has 0 atom stereocenters. The second-order valence-electron chi connectivity index (χ2n) is 6.64. The van der Waals surface area contributed by atoms with Gasteiger partial charge in [-0.25, -0.2) is 4.98 Å². The molecule has 0 fully saturated rings. The Morgan fingerprint density at radius 3 is 2.53 bits per heavy atom. The predicted molar refractivity (Wildman–Crippen MR) is 118 cm³/mol. The third-order valence-electron chi connectivity index (χ3n) is 4.64. The van der Waals surface area contributed by atoms with Crippen molar-refractivity contribution in [2.75, 3.05) is 24.9 Å². The summed E-state index contributed by atoms with van der Waals surface area (Å²) in [5.74, 6) is 0.525. The van der Waals surface area contributed by atoms with Crippen LogP contribution in [-0.2, 0) is 11.2 Å². The number of thiazole rings is 1. The molecule has 0 aliphatic heterocycles. The molecule has 0 radical (unpaired) electrons. The number of anilines is 2. The maximum atomic E-state index is 12.5. The van der Waals surface area contributed by atoms with Crippen LogP contribution in [0.3, 0.4) is 0 Å². The minimum atomic E-state index is -0.323. The molecule has 0 unspecified atom stereocenters. The van der Waals surface area contributed by atoms with Crippen LogP contribution in [0.1, 0.15) is 27.2 Å². The fraction of sp³-hybridized carbons (Fsp3) is 0.227. The highest BCUT2D eigenvalue weighted by Crippen LogP contribution is 2.28. The molecular formula is C22H23N3O4S. The topological polar surface area (TPSA) is 89.5 Å². The van der Waals surface area contributed by atoms with Gasteiger partial charge in [0.05, 0.1) is 26.3 Å². The zero-order valence-electron chi connectivity index (χ0n) is 17.2. The van der Waals surface area contributed by atoms with E-state index in [9.17, 15) is 9.59 Å². The highest BCUT2D eigenvalue weighted by Gasteiger charge is 2.14. The molecule has 2 aromatic carbocycles. The average molecular weight is 426 g/mol. The number of hydrogen-bond acceptors (Lipinski definition) is 6. The van der Waals surface area contributed by atoms with Crippen LogP contribution in [0.5, 0.6) is 11.5 Å². The molecule has 1 aromatic heterocycles. The second kappa shape index (κ2) is 9.41. The number of benzene rings is 2. The molecule has 0 bridgehead atoms. The number of rotatable bonds is 7. The Morgan fingerprint density at radius 1 is 1.03 bits per heavy atom. The Balaban J connectivity index is 1.63. The van der Waals surface area contributed by atoms with Gasteiger partial charge in [-0.05, 0) is 49.2 Å². The van der Waals surface area contributed by atoms with E-state index in [0.29, 0.717) is 27.9 Å². The van der Waals surface area contributed by atoms with Gasteiger partial charge in [0.25, 0.3) is 5.91 Å². The maximum absolute atomic E-state index is 12.5. The SMILES string of the molecule is COc1ccc(C(=O)Nc2nc(CC(=O)Nc3cccc(C)c3C)cs2)cc1OC. The molecule has 0 saturated carbocycles. The smallest absolute Gasteiger partial charge is 0.257 e. The van der Waals surface area contributed by atoms with Crippen LogP contribution in [0.2, 0.25) is 0 Å². The molecule has 0 aliphatic carbocycles. The second-order valence-corrected chi connectivity index (χ2v) is 7.50. The number of carbonyl (C=O) groups excluding carboxylic acids is 2. The fourth-order valence-electron chi connectivity index (χ4n) is 2.84. The molecule has 3 aromatic rings. The van der Waals surface area contributed by atoms with Crippen molar-refractivity contribution in [1.82, 2.24) is 4.98 Å². The Bertz CT molecular complexity index is 1080. The molecule has 156 valence electrons. The predicted octanol–water partition coefficient (Wildman–Crippen LogP) is 4.21. The zero-order valence-corrected chi connectivity index (χ0v) is 18.1. The van der Waals surface area contributed by atoms with E-state index < -0.39 is 0 Å². The molecule has 7 nitrogen and oxygen atoms in total. The van der Waals surface area contributed by atoms with Crippen molar-refractivity contribution in [3.8, 4) is 11.5 Å². The molecule has 2 amide bonds. The van der Waals surface area contributed by atoms with Gasteiger partial charge in [-0.15, -0.1) is 11.3 Å². The van der Waals surface area contributed by atoms with Gasteiger partial charge < -0.3 is 14.8 Å². The number of aryl methyl sites for hydroxylation is 1. The van der Waals surface area contributed by atoms with Gasteiger partial charge in [-0.2, -0.15) is 0 Å². The van der Waals surface area contributed by atoms with Crippen molar-refractivity contribution in [2.24, 2.45) is 0 Å². The van der Waals surface area contributed by atoms with Crippen LogP contribution in [0.15, 0.2) is 41.8 Å². The van der Waals surface area contributed by atoms with E-state index in [1.165, 1.54) is 25.6 Å². The van der Waals surface area contributed by atoms with Gasteiger partial charge in [0.1, 0.15) is 0 Å². The number of methoxy groups -OCH3 is 2. The molecule has 0 aliphatic rings. The normalized spacial score (nSPS) is 10.4. The van der Waals surface area contributed by atoms with Gasteiger partial charge in [0.2, 0.25) is 5.91 Å². The number of amides is 2. The summed E-state index contributed by atoms with van der Waals surface area (Å²) in [6.07, 6.45) is 0.121. The Hall–Kier alpha value is -3.39. The molecule has 8 heteroatoms. The summed E-state index contributed by atoms with van der Waals surface area (Å²) in [7, 11) is 3.04. The van der Waals surface area contributed by atoms with E-state index in [1.54, 1.807) is 23.6 Å². The van der Waals surface area contributed by atoms with E-state index in [-0.39, 0.29) is 18.2 Å². The summed E-state index contributed by atoms with van der Waals surface area (Å²) in [6, 6.07) is 10.7. The minimum absolute atomic E-state index is 0.121. The first-order chi connectivity index (χ1) is 14.4. The highest BCUT2D eigenvalue weighted by molar-refractivity contribution is 7.14. The first-order valence-electron chi connectivity index (χ1n) is 9.25. The first-order valence-corrected chi connectivity index (χ1v) is 10.1. The Kier molecular flexibility index (Phi) is 6.68. The Morgan fingerprint density at radius 2 is 1.80 bits per heavy atom. The lowest BCUT2D eigenvalue weighted by Gasteiger charge is -2.09. The average Bonchev–Trinajstić information content (AvgIpc) is 3.17. The van der Waals surface area contributed by atoms with E-state index in [2.05, 4.69) is 15.6 Å². The Labute approximate surface area is 179 Å². The molecule has 0 spiro atoms. The third kappa shape index (κ3) is 4.96. The largest absolute Gasteiger partial charge is 0.493 e. The number of aromatic nitrogens is 1. The number of hydrogen-bond donors (Lipinski definition) is 2. The lowest BCUT2D eigenvalue weighted by atomic mass is 10.1. The van der Waals surface area contributed by atoms with Crippen molar-refractivity contribution >= 4 is 34.0 Å². The van der Waals surface area contributed by atoms with Crippen LogP contribution < -0.4 is 20.1 Å². The molecule has 2 N–H and O–H groups in total. The van der Waals surface area contributed by atoms with Crippen molar-refractivity contribution in [2.45, 2.75) is 20.3 Å². The first kappa shape index (κ1) is 21.3. The standard InChI is InChI=1S/C22H23N3O4S/c1-13-6-5-7-17(14(13)2)24-20(26)11-16-12-30-22(23-16)25-21(27)15-8-9-18(28-3)19(10-15)29-4/h5-10,12H,11H2,1-4H3,(H,24,26)(H,23,25,27). The van der Waals surface area contributed by atoms with Crippen LogP contribution in [0, 0.1) is 13.8 Å². The number of nitrogens with one attached hydrogen (secondary N) is 2. The summed E-state index contributed by atoms with van der Waals surface area (Å²) in [6.45, 7) is 3.97. The summed E-state index contributed by atoms with van der Waals surface area (Å²) < 4.78 is 10.4. The van der Waals surface area contributed by atoms with E-state index >= 15 is 0 Å². The minimum Gasteiger partial charge on any atom is -0.493 e. The van der Waals surface area contributed by atoms with Crippen molar-refractivity contribution < 1.29 is 19.1 Å². The third-order valence-corrected chi connectivity index (χ3v) is 5.44. The van der Waals surface area contributed by atoms with E-state index in [4.69, 9.17) is 9.47 Å². The van der Waals surface area contributed by atoms with Gasteiger partial charge in [0.15, 0.2) is 16.6 Å². The maximum Gasteiger partial charge on any atom is 0.257 e. The summed E-state index contributed by atoms with van der Waals surface area (Å²) in [5, 5.41) is 7.84. The van der Waals surface area contributed by atoms with E-state index in [1.807, 2.05) is 32.0 Å². The van der Waals surface area contributed by atoms with Crippen molar-refractivity contribution in [1.29, 1.82) is 0 Å². The quantitative estimate of drug-likeness (QED) is 0.592. The molecule has 0 saturated heterocycles. The zero-order chi connectivity index (χ0) is 21.7. The van der Waals surface area contributed by atoms with Crippen LogP contribution >= 0.6 is 11.3 Å². The van der Waals surface area contributed by atoms with Gasteiger partial charge in [-0.1, -0.05) is 12.1 Å². The van der Waals surface area contributed by atoms with E-state index in [0.717, 1.165) is 16.8 Å². The number of nitrogens with zero attached hydrogens (tertiary/aromatic N) is 1. The summed E-state index contributed by atoms with van der Waals surface area (Å²) in [5.41, 5.74) is 3.94. The fourth-order valence-corrected chi connectivity index (χ4v) is 3.54. The summed E-state index contributed by atoms with van der Waals surface area (Å²) >= 11 is 1.27. The van der Waals surface area contributed by atoms with Gasteiger partial charge in [-0.3, -0.25) is 14.9 Å². The van der Waals surface area contributed by atoms with Crippen molar-refractivity contribution in [3.63, 3.8) is 0 Å². The lowest BCUT2D eigenvalue weighted by Crippen LogP contribution is -2.16. The van der Waals surface area contributed by atoms with Crippen LogP contribution in [0.4, 0.5) is 10.8 Å². The van der Waals surface area contributed by atoms with Crippen LogP contribution in [-0.4, -0.2) is 31.0 Å². The molecular weight excluding hydrogens is 402 g/mol.